The Bertz CT molecular complexity index is 648. The predicted octanol–water partition coefficient (Wildman–Crippen LogP) is 1.80. The minimum atomic E-state index is -2.56. The SMILES string of the molecule is Fc1cc[c]([Sn]([c]2ccc(F)cc2)[c]2ccc(F)cc2)cc1.O. The van der Waals surface area contributed by atoms with Crippen molar-refractivity contribution in [1.29, 1.82) is 0 Å². The molecule has 0 bridgehead atoms. The molecule has 0 spiro atoms. The fourth-order valence-electron chi connectivity index (χ4n) is 2.35. The molecular weight excluding hydrogens is 408 g/mol. The van der Waals surface area contributed by atoms with Crippen LogP contribution in [0.25, 0.3) is 0 Å². The van der Waals surface area contributed by atoms with E-state index in [9.17, 15) is 13.2 Å². The third-order valence-electron chi connectivity index (χ3n) is 3.40. The summed E-state index contributed by atoms with van der Waals surface area (Å²) in [5.74, 6) is -0.862. The van der Waals surface area contributed by atoms with E-state index in [1.165, 1.54) is 36.4 Å². The van der Waals surface area contributed by atoms with Gasteiger partial charge in [-0.25, -0.2) is 0 Å². The molecule has 0 aromatic heterocycles. The molecule has 3 rings (SSSR count). The zero-order valence-electron chi connectivity index (χ0n) is 12.1. The van der Waals surface area contributed by atoms with Gasteiger partial charge in [0.05, 0.1) is 0 Å². The second kappa shape index (κ2) is 7.66. The van der Waals surface area contributed by atoms with Crippen molar-refractivity contribution >= 4 is 30.5 Å². The average Bonchev–Trinajstić information content (AvgIpc) is 2.53. The van der Waals surface area contributed by atoms with Gasteiger partial charge in [0.2, 0.25) is 0 Å². The molecule has 0 unspecified atom stereocenters. The molecule has 117 valence electrons. The number of rotatable bonds is 3. The van der Waals surface area contributed by atoms with Gasteiger partial charge >= 0.3 is 134 Å². The Morgan fingerprint density at radius 1 is 0.435 bits per heavy atom. The number of halogens is 3. The van der Waals surface area contributed by atoms with Gasteiger partial charge in [-0.3, -0.25) is 0 Å². The van der Waals surface area contributed by atoms with E-state index < -0.39 is 19.8 Å². The average molecular weight is 422 g/mol. The molecule has 1 radical (unpaired) electrons. The first-order valence-electron chi connectivity index (χ1n) is 6.78. The molecule has 5 heteroatoms. The maximum atomic E-state index is 13.2. The van der Waals surface area contributed by atoms with Gasteiger partial charge in [-0.2, -0.15) is 0 Å². The van der Waals surface area contributed by atoms with Gasteiger partial charge in [0.15, 0.2) is 0 Å². The van der Waals surface area contributed by atoms with Crippen LogP contribution in [0.2, 0.25) is 0 Å². The molecule has 0 aliphatic heterocycles. The first kappa shape index (κ1) is 17.6. The molecule has 0 aliphatic carbocycles. The Hall–Kier alpha value is -1.79. The van der Waals surface area contributed by atoms with Crippen LogP contribution in [0.3, 0.4) is 0 Å². The Kier molecular flexibility index (Phi) is 5.85. The van der Waals surface area contributed by atoms with Crippen molar-refractivity contribution in [1.82, 2.24) is 0 Å². The summed E-state index contributed by atoms with van der Waals surface area (Å²) in [7, 11) is 0. The first-order valence-corrected chi connectivity index (χ1v) is 11.1. The van der Waals surface area contributed by atoms with Crippen molar-refractivity contribution < 1.29 is 18.6 Å². The smallest absolute Gasteiger partial charge is 0.412 e. The third kappa shape index (κ3) is 4.14. The zero-order valence-corrected chi connectivity index (χ0v) is 14.9. The molecule has 3 aromatic carbocycles. The summed E-state index contributed by atoms with van der Waals surface area (Å²) in [6, 6.07) is 19.2. The van der Waals surface area contributed by atoms with Gasteiger partial charge < -0.3 is 5.48 Å². The van der Waals surface area contributed by atoms with Gasteiger partial charge in [-0.05, 0) is 0 Å². The summed E-state index contributed by atoms with van der Waals surface area (Å²) < 4.78 is 42.7. The molecule has 0 heterocycles. The molecule has 0 amide bonds. The molecule has 3 aromatic rings. The summed E-state index contributed by atoms with van der Waals surface area (Å²) in [6.07, 6.45) is 0. The molecule has 2 N–H and O–H groups in total. The second-order valence-corrected chi connectivity index (χ2v) is 12.0. The van der Waals surface area contributed by atoms with E-state index in [1.54, 1.807) is 36.4 Å². The Balaban J connectivity index is 0.00000192. The summed E-state index contributed by atoms with van der Waals surface area (Å²) in [6.45, 7) is 0. The number of hydrogen-bond acceptors (Lipinski definition) is 0. The standard InChI is InChI=1S/3C6H4F.H2O.Sn/c3*7-6-4-2-1-3-5-6;;/h3*2-5H;1H2;. The van der Waals surface area contributed by atoms with Crippen molar-refractivity contribution in [3.8, 4) is 0 Å². The predicted molar refractivity (Wildman–Crippen MR) is 87.5 cm³/mol. The minimum absolute atomic E-state index is 0. The van der Waals surface area contributed by atoms with Gasteiger partial charge in [0.25, 0.3) is 0 Å². The Morgan fingerprint density at radius 2 is 0.652 bits per heavy atom. The van der Waals surface area contributed by atoms with Crippen LogP contribution >= 0.6 is 0 Å². The second-order valence-electron chi connectivity index (χ2n) is 4.90. The molecule has 0 aliphatic rings. The van der Waals surface area contributed by atoms with Crippen LogP contribution in [0, 0.1) is 17.5 Å². The monoisotopic (exact) mass is 423 g/mol. The molecule has 0 fully saturated rings. The van der Waals surface area contributed by atoms with E-state index in [0.29, 0.717) is 0 Å². The van der Waals surface area contributed by atoms with E-state index >= 15 is 0 Å². The molecule has 0 saturated heterocycles. The normalized spacial score (nSPS) is 10.4. The van der Waals surface area contributed by atoms with Gasteiger partial charge in [-0.15, -0.1) is 0 Å². The van der Waals surface area contributed by atoms with Crippen molar-refractivity contribution in [3.63, 3.8) is 0 Å². The quantitative estimate of drug-likeness (QED) is 0.577. The molecular formula is C18H14F3OSn. The Labute approximate surface area is 139 Å². The van der Waals surface area contributed by atoms with Crippen molar-refractivity contribution in [3.05, 3.63) is 90.2 Å². The fraction of sp³-hybridized carbons (Fsp3) is 0. The van der Waals surface area contributed by atoms with Crippen LogP contribution in [-0.4, -0.2) is 25.2 Å². The van der Waals surface area contributed by atoms with Gasteiger partial charge in [0.1, 0.15) is 0 Å². The topological polar surface area (TPSA) is 31.5 Å². The summed E-state index contributed by atoms with van der Waals surface area (Å²) in [5.41, 5.74) is 0. The largest absolute Gasteiger partial charge is 0.412 e. The van der Waals surface area contributed by atoms with Gasteiger partial charge in [-0.1, -0.05) is 0 Å². The van der Waals surface area contributed by atoms with E-state index in [2.05, 4.69) is 0 Å². The van der Waals surface area contributed by atoms with Crippen molar-refractivity contribution in [2.75, 3.05) is 0 Å². The number of hydrogen-bond donors (Lipinski definition) is 0. The van der Waals surface area contributed by atoms with E-state index in [-0.39, 0.29) is 22.9 Å². The molecule has 1 nitrogen and oxygen atoms in total. The van der Waals surface area contributed by atoms with Crippen LogP contribution in [0.15, 0.2) is 72.8 Å². The number of benzene rings is 3. The summed E-state index contributed by atoms with van der Waals surface area (Å²) >= 11 is -2.56. The Morgan fingerprint density at radius 3 is 0.870 bits per heavy atom. The van der Waals surface area contributed by atoms with E-state index in [4.69, 9.17) is 0 Å². The maximum Gasteiger partial charge on any atom is -0.412 e. The van der Waals surface area contributed by atoms with Gasteiger partial charge in [0, 0.05) is 0 Å². The van der Waals surface area contributed by atoms with Crippen LogP contribution < -0.4 is 10.7 Å². The van der Waals surface area contributed by atoms with Crippen molar-refractivity contribution in [2.24, 2.45) is 0 Å². The van der Waals surface area contributed by atoms with Crippen LogP contribution in [-0.2, 0) is 0 Å². The van der Waals surface area contributed by atoms with E-state index in [0.717, 1.165) is 10.7 Å². The van der Waals surface area contributed by atoms with Crippen molar-refractivity contribution in [2.45, 2.75) is 0 Å². The third-order valence-corrected chi connectivity index (χ3v) is 11.2. The van der Waals surface area contributed by atoms with Crippen LogP contribution in [0.1, 0.15) is 0 Å². The summed E-state index contributed by atoms with van der Waals surface area (Å²) in [4.78, 5) is 0. The maximum absolute atomic E-state index is 13.2. The zero-order chi connectivity index (χ0) is 15.5. The molecule has 23 heavy (non-hydrogen) atoms. The van der Waals surface area contributed by atoms with E-state index in [1.807, 2.05) is 0 Å². The molecule has 0 saturated carbocycles. The van der Waals surface area contributed by atoms with Crippen LogP contribution in [0.5, 0.6) is 0 Å². The minimum Gasteiger partial charge on any atom is -0.412 e. The molecule has 0 atom stereocenters. The van der Waals surface area contributed by atoms with Crippen LogP contribution in [0.4, 0.5) is 13.2 Å². The summed E-state index contributed by atoms with van der Waals surface area (Å²) in [5, 5.41) is 0. The fourth-order valence-corrected chi connectivity index (χ4v) is 9.48. The first-order chi connectivity index (χ1) is 10.6.